The summed E-state index contributed by atoms with van der Waals surface area (Å²) in [7, 11) is 0. The Labute approximate surface area is 171 Å². The van der Waals surface area contributed by atoms with Crippen LogP contribution in [0, 0.1) is 0 Å². The molecule has 0 unspecified atom stereocenters. The first-order chi connectivity index (χ1) is 14.0. The number of likely N-dealkylation sites (N-methyl/N-ethyl adjacent to an activating group) is 1. The normalized spacial score (nSPS) is 11.0. The summed E-state index contributed by atoms with van der Waals surface area (Å²) in [4.78, 5) is 26.2. The maximum Gasteiger partial charge on any atom is 0.255 e. The quantitative estimate of drug-likeness (QED) is 0.604. The number of carbonyl (C=O) groups is 2. The minimum Gasteiger partial charge on any atom is -0.346 e. The molecule has 3 aromatic rings. The predicted molar refractivity (Wildman–Crippen MR) is 118 cm³/mol. The van der Waals surface area contributed by atoms with Crippen molar-refractivity contribution in [3.05, 3.63) is 60.3 Å². The second kappa shape index (κ2) is 9.39. The van der Waals surface area contributed by atoms with Crippen LogP contribution in [0.4, 0.5) is 11.4 Å². The highest BCUT2D eigenvalue weighted by Gasteiger charge is 2.09. The van der Waals surface area contributed by atoms with Crippen molar-refractivity contribution in [1.82, 2.24) is 9.47 Å². The van der Waals surface area contributed by atoms with Gasteiger partial charge >= 0.3 is 0 Å². The molecule has 1 aromatic heterocycles. The molecule has 2 amide bonds. The molecule has 0 saturated carbocycles. The third-order valence-electron chi connectivity index (χ3n) is 5.03. The van der Waals surface area contributed by atoms with E-state index in [4.69, 9.17) is 0 Å². The lowest BCUT2D eigenvalue weighted by molar-refractivity contribution is -0.114. The van der Waals surface area contributed by atoms with Crippen molar-refractivity contribution in [2.24, 2.45) is 0 Å². The van der Waals surface area contributed by atoms with Gasteiger partial charge < -0.3 is 20.1 Å². The van der Waals surface area contributed by atoms with E-state index in [0.717, 1.165) is 42.8 Å². The Morgan fingerprint density at radius 3 is 2.45 bits per heavy atom. The average Bonchev–Trinajstić information content (AvgIpc) is 3.11. The van der Waals surface area contributed by atoms with Crippen molar-refractivity contribution in [2.75, 3.05) is 30.3 Å². The molecule has 0 atom stereocenters. The Morgan fingerprint density at radius 2 is 1.72 bits per heavy atom. The van der Waals surface area contributed by atoms with Gasteiger partial charge in [-0.25, -0.2) is 0 Å². The number of nitrogens with one attached hydrogen (secondary N) is 2. The number of benzene rings is 2. The maximum atomic E-state index is 12.6. The smallest absolute Gasteiger partial charge is 0.255 e. The molecule has 29 heavy (non-hydrogen) atoms. The number of carbonyl (C=O) groups excluding carboxylic acids is 2. The third-order valence-corrected chi connectivity index (χ3v) is 5.03. The van der Waals surface area contributed by atoms with Gasteiger partial charge in [0.15, 0.2) is 0 Å². The molecule has 0 spiro atoms. The molecule has 6 nitrogen and oxygen atoms in total. The molecule has 0 saturated heterocycles. The molecule has 6 heteroatoms. The minimum absolute atomic E-state index is 0.168. The average molecular weight is 393 g/mol. The van der Waals surface area contributed by atoms with Gasteiger partial charge in [-0.2, -0.15) is 0 Å². The van der Waals surface area contributed by atoms with Crippen molar-refractivity contribution in [2.45, 2.75) is 27.3 Å². The zero-order valence-corrected chi connectivity index (χ0v) is 17.2. The van der Waals surface area contributed by atoms with Gasteiger partial charge in [-0.05, 0) is 55.6 Å². The first-order valence-corrected chi connectivity index (χ1v) is 10.0. The maximum absolute atomic E-state index is 12.6. The number of aromatic nitrogens is 1. The van der Waals surface area contributed by atoms with E-state index < -0.39 is 0 Å². The van der Waals surface area contributed by atoms with Crippen LogP contribution in [-0.4, -0.2) is 40.9 Å². The molecule has 0 bridgehead atoms. The molecule has 152 valence electrons. The van der Waals surface area contributed by atoms with Crippen LogP contribution in [-0.2, 0) is 11.3 Å². The first-order valence-electron chi connectivity index (χ1n) is 10.0. The van der Waals surface area contributed by atoms with Gasteiger partial charge in [0.1, 0.15) is 0 Å². The van der Waals surface area contributed by atoms with Crippen LogP contribution in [0.25, 0.3) is 10.9 Å². The molecule has 1 heterocycles. The number of amides is 2. The Hall–Kier alpha value is -3.12. The molecule has 0 fully saturated rings. The summed E-state index contributed by atoms with van der Waals surface area (Å²) in [5.41, 5.74) is 3.00. The molecular formula is C23H28N4O2. The number of fused-ring (bicyclic) bond motifs is 1. The lowest BCUT2D eigenvalue weighted by Gasteiger charge is -2.18. The van der Waals surface area contributed by atoms with Crippen molar-refractivity contribution in [3.8, 4) is 0 Å². The van der Waals surface area contributed by atoms with Gasteiger partial charge in [0, 0.05) is 54.1 Å². The lowest BCUT2D eigenvalue weighted by Crippen LogP contribution is -2.26. The highest BCUT2D eigenvalue weighted by Crippen LogP contribution is 2.21. The monoisotopic (exact) mass is 392 g/mol. The summed E-state index contributed by atoms with van der Waals surface area (Å²) < 4.78 is 2.25. The van der Waals surface area contributed by atoms with Gasteiger partial charge in [-0.3, -0.25) is 9.59 Å². The molecule has 0 aliphatic heterocycles. The van der Waals surface area contributed by atoms with E-state index in [1.54, 1.807) is 24.3 Å². The molecule has 0 aliphatic carbocycles. The van der Waals surface area contributed by atoms with Crippen molar-refractivity contribution < 1.29 is 9.59 Å². The highest BCUT2D eigenvalue weighted by molar-refractivity contribution is 6.06. The Morgan fingerprint density at radius 1 is 0.966 bits per heavy atom. The van der Waals surface area contributed by atoms with Crippen molar-refractivity contribution in [1.29, 1.82) is 0 Å². The Bertz CT molecular complexity index is 1010. The van der Waals surface area contributed by atoms with Crippen LogP contribution in [0.3, 0.4) is 0 Å². The molecule has 2 N–H and O–H groups in total. The fourth-order valence-electron chi connectivity index (χ4n) is 3.41. The summed E-state index contributed by atoms with van der Waals surface area (Å²) in [6, 6.07) is 14.9. The van der Waals surface area contributed by atoms with Gasteiger partial charge in [-0.15, -0.1) is 0 Å². The topological polar surface area (TPSA) is 66.4 Å². The number of anilines is 2. The zero-order chi connectivity index (χ0) is 20.8. The van der Waals surface area contributed by atoms with Gasteiger partial charge in [0.05, 0.1) is 0 Å². The van der Waals surface area contributed by atoms with Crippen LogP contribution in [0.1, 0.15) is 31.1 Å². The van der Waals surface area contributed by atoms with Crippen molar-refractivity contribution >= 4 is 34.1 Å². The summed E-state index contributed by atoms with van der Waals surface area (Å²) in [5, 5.41) is 6.73. The molecule has 0 radical (unpaired) electrons. The van der Waals surface area contributed by atoms with Crippen LogP contribution in [0.15, 0.2) is 54.7 Å². The second-order valence-electron chi connectivity index (χ2n) is 7.03. The van der Waals surface area contributed by atoms with E-state index >= 15 is 0 Å². The second-order valence-corrected chi connectivity index (χ2v) is 7.03. The Kier molecular flexibility index (Phi) is 6.67. The zero-order valence-electron chi connectivity index (χ0n) is 17.2. The molecule has 3 rings (SSSR count). The number of rotatable bonds is 8. The van der Waals surface area contributed by atoms with Crippen LogP contribution >= 0.6 is 0 Å². The summed E-state index contributed by atoms with van der Waals surface area (Å²) >= 11 is 0. The summed E-state index contributed by atoms with van der Waals surface area (Å²) in [5.74, 6) is -0.379. The minimum atomic E-state index is -0.211. The Balaban J connectivity index is 1.71. The van der Waals surface area contributed by atoms with Crippen LogP contribution < -0.4 is 10.6 Å². The SMILES string of the molecule is CCN(CC)CCn1ccc2cc(NC(=O)c3cccc(NC(C)=O)c3)ccc21. The van der Waals surface area contributed by atoms with Crippen LogP contribution in [0.2, 0.25) is 0 Å². The summed E-state index contributed by atoms with van der Waals surface area (Å²) in [6.07, 6.45) is 2.09. The fourth-order valence-corrected chi connectivity index (χ4v) is 3.41. The molecule has 0 aliphatic rings. The third kappa shape index (κ3) is 5.23. The number of hydrogen-bond donors (Lipinski definition) is 2. The largest absolute Gasteiger partial charge is 0.346 e. The highest BCUT2D eigenvalue weighted by atomic mass is 16.2. The van der Waals surface area contributed by atoms with Crippen LogP contribution in [0.5, 0.6) is 0 Å². The van der Waals surface area contributed by atoms with E-state index in [2.05, 4.69) is 46.2 Å². The standard InChI is InChI=1S/C23H28N4O2/c1-4-26(5-2)13-14-27-12-11-18-15-21(9-10-22(18)27)25-23(29)19-7-6-8-20(16-19)24-17(3)28/h6-12,15-16H,4-5,13-14H2,1-3H3,(H,24,28)(H,25,29). The lowest BCUT2D eigenvalue weighted by atomic mass is 10.1. The first kappa shape index (κ1) is 20.6. The van der Waals surface area contributed by atoms with E-state index in [0.29, 0.717) is 11.3 Å². The molecular weight excluding hydrogens is 364 g/mol. The van der Waals surface area contributed by atoms with Gasteiger partial charge in [0.25, 0.3) is 5.91 Å². The van der Waals surface area contributed by atoms with E-state index in [-0.39, 0.29) is 11.8 Å². The number of hydrogen-bond acceptors (Lipinski definition) is 3. The van der Waals surface area contributed by atoms with Gasteiger partial charge in [0.2, 0.25) is 5.91 Å². The number of nitrogens with zero attached hydrogens (tertiary/aromatic N) is 2. The predicted octanol–water partition coefficient (Wildman–Crippen LogP) is 4.19. The van der Waals surface area contributed by atoms with Gasteiger partial charge in [-0.1, -0.05) is 19.9 Å². The van der Waals surface area contributed by atoms with E-state index in [1.165, 1.54) is 6.92 Å². The van der Waals surface area contributed by atoms with Crippen molar-refractivity contribution in [3.63, 3.8) is 0 Å². The van der Waals surface area contributed by atoms with E-state index in [1.807, 2.05) is 18.2 Å². The molecule has 2 aromatic carbocycles. The summed E-state index contributed by atoms with van der Waals surface area (Å²) in [6.45, 7) is 9.85. The van der Waals surface area contributed by atoms with E-state index in [9.17, 15) is 9.59 Å². The fraction of sp³-hybridized carbons (Fsp3) is 0.304.